The molecule has 1 aromatic heterocycles. The van der Waals surface area contributed by atoms with Gasteiger partial charge in [-0.25, -0.2) is 4.98 Å². The van der Waals surface area contributed by atoms with Crippen LogP contribution in [0.15, 0.2) is 6.20 Å². The number of β-amino-alcohol motifs (C(OH)–C–C–N with tert-alkyl or cyclic N) is 1. The van der Waals surface area contributed by atoms with Gasteiger partial charge in [-0.3, -0.25) is 9.69 Å². The van der Waals surface area contributed by atoms with E-state index in [9.17, 15) is 9.90 Å². The summed E-state index contributed by atoms with van der Waals surface area (Å²) in [5, 5.41) is 9.56. The zero-order chi connectivity index (χ0) is 11.0. The Labute approximate surface area is 95.6 Å². The van der Waals surface area contributed by atoms with Crippen molar-refractivity contribution in [2.24, 2.45) is 0 Å². The molecule has 5 nitrogen and oxygen atoms in total. The Morgan fingerprint density at radius 1 is 1.53 bits per heavy atom. The highest BCUT2D eigenvalue weighted by atomic mass is 35.5. The maximum absolute atomic E-state index is 11.5. The average Bonchev–Trinajstić information content (AvgIpc) is 2.50. The standard InChI is InChI=1S/C8H7Cl2N3O2/c9-5-2-11-8(10)12-7(5)13-3-4(14)1-6(13)15/h2,4,14H,1,3H2. The van der Waals surface area contributed by atoms with Crippen molar-refractivity contribution in [1.29, 1.82) is 0 Å². The highest BCUT2D eigenvalue weighted by Crippen LogP contribution is 2.27. The molecule has 1 aliphatic rings. The van der Waals surface area contributed by atoms with Gasteiger partial charge >= 0.3 is 0 Å². The molecule has 1 fully saturated rings. The van der Waals surface area contributed by atoms with Crippen molar-refractivity contribution < 1.29 is 9.90 Å². The minimum absolute atomic E-state index is 0.0172. The van der Waals surface area contributed by atoms with E-state index in [0.717, 1.165) is 0 Å². The number of aromatic nitrogens is 2. The molecule has 1 aliphatic heterocycles. The minimum atomic E-state index is -0.678. The van der Waals surface area contributed by atoms with Gasteiger partial charge in [-0.05, 0) is 11.6 Å². The van der Waals surface area contributed by atoms with Gasteiger partial charge in [0.1, 0.15) is 5.02 Å². The van der Waals surface area contributed by atoms with Gasteiger partial charge in [-0.1, -0.05) is 11.6 Å². The number of aliphatic hydroxyl groups excluding tert-OH is 1. The van der Waals surface area contributed by atoms with Crippen LogP contribution in [0.4, 0.5) is 5.82 Å². The van der Waals surface area contributed by atoms with Gasteiger partial charge in [0.15, 0.2) is 5.82 Å². The molecular formula is C8H7Cl2N3O2. The first-order valence-electron chi connectivity index (χ1n) is 4.24. The van der Waals surface area contributed by atoms with Crippen LogP contribution in [-0.4, -0.2) is 33.6 Å². The molecule has 2 rings (SSSR count). The number of hydrogen-bond donors (Lipinski definition) is 1. The van der Waals surface area contributed by atoms with Gasteiger partial charge in [-0.2, -0.15) is 4.98 Å². The minimum Gasteiger partial charge on any atom is -0.391 e. The SMILES string of the molecule is O=C1CC(O)CN1c1nc(Cl)ncc1Cl. The molecule has 15 heavy (non-hydrogen) atoms. The van der Waals surface area contributed by atoms with E-state index in [2.05, 4.69) is 9.97 Å². The molecule has 2 heterocycles. The third-order valence-corrected chi connectivity index (χ3v) is 2.51. The molecule has 7 heteroatoms. The number of carbonyl (C=O) groups is 1. The third kappa shape index (κ3) is 2.04. The van der Waals surface area contributed by atoms with E-state index in [4.69, 9.17) is 23.2 Å². The summed E-state index contributed by atoms with van der Waals surface area (Å²) in [4.78, 5) is 20.3. The summed E-state index contributed by atoms with van der Waals surface area (Å²) in [6.45, 7) is 0.186. The monoisotopic (exact) mass is 247 g/mol. The Balaban J connectivity index is 2.37. The number of amides is 1. The smallest absolute Gasteiger partial charge is 0.230 e. The zero-order valence-corrected chi connectivity index (χ0v) is 9.03. The summed E-state index contributed by atoms with van der Waals surface area (Å²) in [7, 11) is 0. The van der Waals surface area contributed by atoms with Crippen molar-refractivity contribution in [3.63, 3.8) is 0 Å². The second-order valence-corrected chi connectivity index (χ2v) is 3.92. The van der Waals surface area contributed by atoms with Crippen LogP contribution in [0.5, 0.6) is 0 Å². The topological polar surface area (TPSA) is 66.3 Å². The molecule has 0 aliphatic carbocycles. The normalized spacial score (nSPS) is 21.1. The molecule has 0 radical (unpaired) electrons. The molecule has 80 valence electrons. The largest absolute Gasteiger partial charge is 0.391 e. The summed E-state index contributed by atoms with van der Waals surface area (Å²) >= 11 is 11.4. The quantitative estimate of drug-likeness (QED) is 0.749. The van der Waals surface area contributed by atoms with E-state index in [1.165, 1.54) is 11.1 Å². The molecule has 1 aromatic rings. The second kappa shape index (κ2) is 3.92. The number of carbonyl (C=O) groups excluding carboxylic acids is 1. The zero-order valence-electron chi connectivity index (χ0n) is 7.52. The lowest BCUT2D eigenvalue weighted by molar-refractivity contribution is -0.117. The number of anilines is 1. The number of rotatable bonds is 1. The molecule has 0 spiro atoms. The highest BCUT2D eigenvalue weighted by Gasteiger charge is 2.31. The molecule has 1 saturated heterocycles. The van der Waals surface area contributed by atoms with Gasteiger partial charge < -0.3 is 5.11 Å². The second-order valence-electron chi connectivity index (χ2n) is 3.17. The van der Waals surface area contributed by atoms with Crippen LogP contribution in [-0.2, 0) is 4.79 Å². The maximum Gasteiger partial charge on any atom is 0.230 e. The first kappa shape index (κ1) is 10.6. The Kier molecular flexibility index (Phi) is 2.77. The van der Waals surface area contributed by atoms with Gasteiger partial charge in [0.25, 0.3) is 0 Å². The molecule has 1 atom stereocenters. The summed E-state index contributed by atoms with van der Waals surface area (Å²) in [6.07, 6.45) is 0.726. The average molecular weight is 248 g/mol. The number of hydrogen-bond acceptors (Lipinski definition) is 4. The Morgan fingerprint density at radius 3 is 2.87 bits per heavy atom. The van der Waals surface area contributed by atoms with E-state index in [1.807, 2.05) is 0 Å². The van der Waals surface area contributed by atoms with Crippen molar-refractivity contribution in [2.75, 3.05) is 11.4 Å². The fourth-order valence-electron chi connectivity index (χ4n) is 1.42. The summed E-state index contributed by atoms with van der Waals surface area (Å²) in [6, 6.07) is 0. The number of aliphatic hydroxyl groups is 1. The lowest BCUT2D eigenvalue weighted by atomic mass is 10.3. The summed E-state index contributed by atoms with van der Waals surface area (Å²) in [5.74, 6) is 0.0254. The molecule has 1 unspecified atom stereocenters. The molecule has 1 amide bonds. The Morgan fingerprint density at radius 2 is 2.27 bits per heavy atom. The summed E-state index contributed by atoms with van der Waals surface area (Å²) in [5.41, 5.74) is 0. The van der Waals surface area contributed by atoms with E-state index in [0.29, 0.717) is 0 Å². The van der Waals surface area contributed by atoms with Crippen LogP contribution in [0, 0.1) is 0 Å². The summed E-state index contributed by atoms with van der Waals surface area (Å²) < 4.78 is 0. The van der Waals surface area contributed by atoms with Gasteiger partial charge in [0, 0.05) is 0 Å². The first-order valence-corrected chi connectivity index (χ1v) is 5.00. The van der Waals surface area contributed by atoms with Crippen LogP contribution in [0.3, 0.4) is 0 Å². The van der Waals surface area contributed by atoms with E-state index in [-0.39, 0.29) is 35.0 Å². The fraction of sp³-hybridized carbons (Fsp3) is 0.375. The van der Waals surface area contributed by atoms with Crippen molar-refractivity contribution in [3.8, 4) is 0 Å². The van der Waals surface area contributed by atoms with Gasteiger partial charge in [0.2, 0.25) is 11.2 Å². The van der Waals surface area contributed by atoms with Crippen molar-refractivity contribution in [2.45, 2.75) is 12.5 Å². The van der Waals surface area contributed by atoms with Crippen LogP contribution in [0.1, 0.15) is 6.42 Å². The Bertz CT molecular complexity index is 413. The molecule has 0 saturated carbocycles. The predicted molar refractivity (Wildman–Crippen MR) is 55.0 cm³/mol. The van der Waals surface area contributed by atoms with Crippen LogP contribution in [0.2, 0.25) is 10.3 Å². The van der Waals surface area contributed by atoms with Gasteiger partial charge in [0.05, 0.1) is 25.3 Å². The van der Waals surface area contributed by atoms with Crippen molar-refractivity contribution in [1.82, 2.24) is 9.97 Å². The van der Waals surface area contributed by atoms with E-state index < -0.39 is 6.10 Å². The Hall–Kier alpha value is -0.910. The van der Waals surface area contributed by atoms with Crippen LogP contribution < -0.4 is 4.90 Å². The third-order valence-electron chi connectivity index (χ3n) is 2.06. The fourth-order valence-corrected chi connectivity index (χ4v) is 1.74. The number of halogens is 2. The molecular weight excluding hydrogens is 241 g/mol. The van der Waals surface area contributed by atoms with E-state index >= 15 is 0 Å². The predicted octanol–water partition coefficient (Wildman–Crippen LogP) is 0.881. The lowest BCUT2D eigenvalue weighted by Gasteiger charge is -2.15. The number of nitrogens with zero attached hydrogens (tertiary/aromatic N) is 3. The molecule has 0 bridgehead atoms. The van der Waals surface area contributed by atoms with Gasteiger partial charge in [-0.15, -0.1) is 0 Å². The maximum atomic E-state index is 11.5. The lowest BCUT2D eigenvalue weighted by Crippen LogP contribution is -2.26. The molecule has 1 N–H and O–H groups in total. The van der Waals surface area contributed by atoms with Crippen molar-refractivity contribution in [3.05, 3.63) is 16.5 Å². The highest BCUT2D eigenvalue weighted by molar-refractivity contribution is 6.34. The van der Waals surface area contributed by atoms with Crippen molar-refractivity contribution >= 4 is 34.9 Å². The van der Waals surface area contributed by atoms with Crippen LogP contribution in [0.25, 0.3) is 0 Å². The first-order chi connectivity index (χ1) is 7.08. The van der Waals surface area contributed by atoms with Crippen LogP contribution >= 0.6 is 23.2 Å². The van der Waals surface area contributed by atoms with E-state index in [1.54, 1.807) is 0 Å². The molecule has 0 aromatic carbocycles.